The Morgan fingerprint density at radius 2 is 1.82 bits per heavy atom. The third-order valence-electron chi connectivity index (χ3n) is 6.22. The first-order valence-corrected chi connectivity index (χ1v) is 13.9. The van der Waals surface area contributed by atoms with E-state index in [1.54, 1.807) is 31.2 Å². The second-order valence-corrected chi connectivity index (χ2v) is 10.7. The molecule has 4 rings (SSSR count). The fraction of sp³-hybridized carbons (Fsp3) is 0.346. The van der Waals surface area contributed by atoms with Crippen molar-refractivity contribution < 1.29 is 41.3 Å². The Morgan fingerprint density at radius 1 is 1.05 bits per heavy atom. The van der Waals surface area contributed by atoms with Crippen LogP contribution >= 0.6 is 0 Å². The van der Waals surface area contributed by atoms with E-state index in [1.807, 2.05) is 0 Å². The number of hydrogen-bond acceptors (Lipinski definition) is 10. The van der Waals surface area contributed by atoms with Crippen LogP contribution in [0.1, 0.15) is 39.1 Å². The number of ether oxygens (including phenoxy) is 1. The average molecular weight is 573 g/mol. The van der Waals surface area contributed by atoms with Gasteiger partial charge >= 0.3 is 0 Å². The van der Waals surface area contributed by atoms with Crippen molar-refractivity contribution >= 4 is 45.3 Å². The van der Waals surface area contributed by atoms with Crippen molar-refractivity contribution in [3.8, 4) is 0 Å². The van der Waals surface area contributed by atoms with Gasteiger partial charge in [-0.25, -0.2) is 0 Å². The standard InChI is InChI=1S/C26H28N4O9S/c1-16-4-2-5-17(14-16)40(36,37)39-13-12-38-11-10-27-22(32)15-28-19-7-3-6-18-23(19)26(35)30(25(18)34)20-8-9-21(31)29-24(20)33/h2-7,14,20,28H,8-13,15H2,1H3,(H,27,32)(H,29,31,33). The lowest BCUT2D eigenvalue weighted by atomic mass is 10.0. The van der Waals surface area contributed by atoms with Gasteiger partial charge in [-0.3, -0.25) is 38.4 Å². The molecule has 0 bridgehead atoms. The van der Waals surface area contributed by atoms with Crippen LogP contribution in [0.2, 0.25) is 0 Å². The quantitative estimate of drug-likeness (QED) is 0.183. The van der Waals surface area contributed by atoms with Crippen molar-refractivity contribution in [1.29, 1.82) is 0 Å². The smallest absolute Gasteiger partial charge is 0.297 e. The molecule has 2 aromatic rings. The highest BCUT2D eigenvalue weighted by molar-refractivity contribution is 7.86. The minimum atomic E-state index is -3.89. The third kappa shape index (κ3) is 6.52. The number of aryl methyl sites for hydroxylation is 1. The summed E-state index contributed by atoms with van der Waals surface area (Å²) in [6.07, 6.45) is 0.0520. The largest absolute Gasteiger partial charge is 0.377 e. The van der Waals surface area contributed by atoms with Crippen molar-refractivity contribution in [3.05, 3.63) is 59.2 Å². The molecule has 0 radical (unpaired) electrons. The van der Waals surface area contributed by atoms with E-state index in [4.69, 9.17) is 8.92 Å². The van der Waals surface area contributed by atoms with E-state index in [9.17, 15) is 32.4 Å². The first-order valence-electron chi connectivity index (χ1n) is 12.5. The number of carbonyl (C=O) groups excluding carboxylic acids is 5. The topological polar surface area (TPSA) is 177 Å². The number of anilines is 1. The van der Waals surface area contributed by atoms with Gasteiger partial charge in [0.2, 0.25) is 17.7 Å². The molecule has 0 spiro atoms. The van der Waals surface area contributed by atoms with Gasteiger partial charge in [-0.15, -0.1) is 0 Å². The summed E-state index contributed by atoms with van der Waals surface area (Å²) >= 11 is 0. The van der Waals surface area contributed by atoms with Crippen LogP contribution in [0.4, 0.5) is 5.69 Å². The van der Waals surface area contributed by atoms with E-state index in [0.717, 1.165) is 10.5 Å². The molecular formula is C26H28N4O9S. The van der Waals surface area contributed by atoms with Gasteiger partial charge in [-0.2, -0.15) is 8.42 Å². The molecule has 40 heavy (non-hydrogen) atoms. The third-order valence-corrected chi connectivity index (χ3v) is 7.53. The van der Waals surface area contributed by atoms with Crippen LogP contribution in [-0.4, -0.2) is 81.8 Å². The van der Waals surface area contributed by atoms with E-state index in [-0.39, 0.29) is 67.5 Å². The van der Waals surface area contributed by atoms with Crippen molar-refractivity contribution in [3.63, 3.8) is 0 Å². The van der Waals surface area contributed by atoms with Gasteiger partial charge < -0.3 is 15.4 Å². The van der Waals surface area contributed by atoms with Crippen LogP contribution in [0, 0.1) is 6.92 Å². The number of hydrogen-bond donors (Lipinski definition) is 3. The summed E-state index contributed by atoms with van der Waals surface area (Å²) in [4.78, 5) is 62.9. The molecule has 2 heterocycles. The van der Waals surface area contributed by atoms with Gasteiger partial charge in [-0.1, -0.05) is 18.2 Å². The number of piperidine rings is 1. The number of benzene rings is 2. The molecule has 1 unspecified atom stereocenters. The minimum Gasteiger partial charge on any atom is -0.377 e. The fourth-order valence-electron chi connectivity index (χ4n) is 4.31. The average Bonchev–Trinajstić information content (AvgIpc) is 3.17. The Balaban J connectivity index is 1.20. The van der Waals surface area contributed by atoms with Gasteiger partial charge in [0.15, 0.2) is 0 Å². The maximum absolute atomic E-state index is 13.1. The maximum atomic E-state index is 13.1. The first-order chi connectivity index (χ1) is 19.1. The SMILES string of the molecule is Cc1cccc(S(=O)(=O)OCCOCCNC(=O)CNc2cccc3c2C(=O)N(C2CCC(=O)NC2=O)C3=O)c1. The molecule has 1 fully saturated rings. The first kappa shape index (κ1) is 28.9. The molecule has 212 valence electrons. The number of nitrogens with zero attached hydrogens (tertiary/aromatic N) is 1. The lowest BCUT2D eigenvalue weighted by molar-refractivity contribution is -0.136. The summed E-state index contributed by atoms with van der Waals surface area (Å²) in [5.74, 6) is -2.91. The number of rotatable bonds is 12. The Labute approximate surface area is 230 Å². The van der Waals surface area contributed by atoms with Crippen LogP contribution in [0.25, 0.3) is 0 Å². The number of amides is 5. The Hall–Kier alpha value is -4.14. The molecule has 1 atom stereocenters. The summed E-state index contributed by atoms with van der Waals surface area (Å²) in [5, 5.41) is 7.60. The fourth-order valence-corrected chi connectivity index (χ4v) is 5.31. The van der Waals surface area contributed by atoms with Gasteiger partial charge in [-0.05, 0) is 43.2 Å². The lowest BCUT2D eigenvalue weighted by Gasteiger charge is -2.27. The van der Waals surface area contributed by atoms with Crippen molar-refractivity contribution in [2.75, 3.05) is 38.2 Å². The molecule has 2 aliphatic rings. The van der Waals surface area contributed by atoms with Gasteiger partial charge in [0.1, 0.15) is 6.04 Å². The predicted molar refractivity (Wildman–Crippen MR) is 140 cm³/mol. The summed E-state index contributed by atoms with van der Waals surface area (Å²) in [6, 6.07) is 9.81. The monoisotopic (exact) mass is 572 g/mol. The van der Waals surface area contributed by atoms with Crippen LogP contribution in [0.5, 0.6) is 0 Å². The molecular weight excluding hydrogens is 544 g/mol. The second-order valence-electron chi connectivity index (χ2n) is 9.08. The summed E-state index contributed by atoms with van der Waals surface area (Å²) in [5.41, 5.74) is 1.19. The van der Waals surface area contributed by atoms with E-state index in [0.29, 0.717) is 0 Å². The zero-order valence-electron chi connectivity index (χ0n) is 21.6. The highest BCUT2D eigenvalue weighted by Gasteiger charge is 2.45. The molecule has 2 aromatic carbocycles. The molecule has 0 aromatic heterocycles. The molecule has 0 saturated carbocycles. The molecule has 3 N–H and O–H groups in total. The maximum Gasteiger partial charge on any atom is 0.297 e. The normalized spacial score (nSPS) is 17.0. The van der Waals surface area contributed by atoms with Crippen LogP contribution in [0.15, 0.2) is 47.4 Å². The van der Waals surface area contributed by atoms with Gasteiger partial charge in [0.05, 0.1) is 42.4 Å². The molecule has 1 saturated heterocycles. The Morgan fingerprint density at radius 3 is 2.58 bits per heavy atom. The van der Waals surface area contributed by atoms with E-state index < -0.39 is 45.7 Å². The predicted octanol–water partition coefficient (Wildman–Crippen LogP) is 0.346. The Kier molecular flexibility index (Phi) is 8.92. The zero-order valence-corrected chi connectivity index (χ0v) is 22.4. The summed E-state index contributed by atoms with van der Waals surface area (Å²) in [6.45, 7) is 1.61. The highest BCUT2D eigenvalue weighted by Crippen LogP contribution is 2.32. The van der Waals surface area contributed by atoms with Crippen LogP contribution < -0.4 is 16.0 Å². The minimum absolute atomic E-state index is 0.00483. The van der Waals surface area contributed by atoms with Crippen LogP contribution in [0.3, 0.4) is 0 Å². The Bertz CT molecular complexity index is 1460. The lowest BCUT2D eigenvalue weighted by Crippen LogP contribution is -2.54. The van der Waals surface area contributed by atoms with Gasteiger partial charge in [0, 0.05) is 18.7 Å². The van der Waals surface area contributed by atoms with E-state index >= 15 is 0 Å². The van der Waals surface area contributed by atoms with E-state index in [2.05, 4.69) is 16.0 Å². The highest BCUT2D eigenvalue weighted by atomic mass is 32.2. The number of nitrogens with one attached hydrogen (secondary N) is 3. The van der Waals surface area contributed by atoms with Crippen LogP contribution in [-0.2, 0) is 33.4 Å². The summed E-state index contributed by atoms with van der Waals surface area (Å²) in [7, 11) is -3.89. The van der Waals surface area contributed by atoms with Crippen molar-refractivity contribution in [1.82, 2.24) is 15.5 Å². The summed E-state index contributed by atoms with van der Waals surface area (Å²) < 4.78 is 34.6. The molecule has 2 aliphatic heterocycles. The zero-order chi connectivity index (χ0) is 28.9. The van der Waals surface area contributed by atoms with E-state index in [1.165, 1.54) is 18.2 Å². The van der Waals surface area contributed by atoms with Gasteiger partial charge in [0.25, 0.3) is 21.9 Å². The number of carbonyl (C=O) groups is 5. The second kappa shape index (κ2) is 12.4. The molecule has 14 heteroatoms. The van der Waals surface area contributed by atoms with Crippen molar-refractivity contribution in [2.24, 2.45) is 0 Å². The molecule has 13 nitrogen and oxygen atoms in total. The van der Waals surface area contributed by atoms with Crippen molar-refractivity contribution in [2.45, 2.75) is 30.7 Å². The molecule has 5 amide bonds. The molecule has 0 aliphatic carbocycles. The number of fused-ring (bicyclic) bond motifs is 1. The number of imide groups is 2.